The summed E-state index contributed by atoms with van der Waals surface area (Å²) < 4.78 is 0. The van der Waals surface area contributed by atoms with Gasteiger partial charge in [0.25, 0.3) is 0 Å². The zero-order valence-corrected chi connectivity index (χ0v) is 12.5. The summed E-state index contributed by atoms with van der Waals surface area (Å²) in [6.07, 6.45) is 9.82. The smallest absolute Gasteiger partial charge is 0.125 e. The van der Waals surface area contributed by atoms with Gasteiger partial charge in [-0.05, 0) is 68.2 Å². The number of rotatable bonds is 2. The Bertz CT molecular complexity index is 499. The van der Waals surface area contributed by atoms with Crippen LogP contribution in [0.4, 0.5) is 5.69 Å². The molecule has 2 saturated carbocycles. The lowest BCUT2D eigenvalue weighted by molar-refractivity contribution is 0.167. The summed E-state index contributed by atoms with van der Waals surface area (Å²) in [5.41, 5.74) is 1.17. The first-order valence-electron chi connectivity index (χ1n) is 7.61. The third-order valence-corrected chi connectivity index (χ3v) is 5.52. The number of anilines is 1. The fraction of sp³-hybridized carbons (Fsp3) is 0.588. The van der Waals surface area contributed by atoms with Gasteiger partial charge in [-0.25, -0.2) is 0 Å². The van der Waals surface area contributed by atoms with E-state index in [0.717, 1.165) is 23.6 Å². The van der Waals surface area contributed by atoms with E-state index < -0.39 is 0 Å². The first-order chi connectivity index (χ1) is 9.65. The standard InChI is InChI=1S/C17H21ClN2/c18-14-3-5-15(6-4-14)20-17(13-19)11-9-16(10-12-17)7-1-2-8-16/h3-6,20H,1-2,7-12H2. The fourth-order valence-corrected chi connectivity index (χ4v) is 4.03. The Morgan fingerprint density at radius 1 is 0.950 bits per heavy atom. The molecule has 0 atom stereocenters. The Morgan fingerprint density at radius 3 is 2.10 bits per heavy atom. The van der Waals surface area contributed by atoms with Gasteiger partial charge in [0.05, 0.1) is 6.07 Å². The van der Waals surface area contributed by atoms with E-state index in [4.69, 9.17) is 11.6 Å². The Kier molecular flexibility index (Phi) is 3.65. The number of benzene rings is 1. The van der Waals surface area contributed by atoms with Crippen molar-refractivity contribution in [1.82, 2.24) is 0 Å². The van der Waals surface area contributed by atoms with Crippen molar-refractivity contribution >= 4 is 17.3 Å². The van der Waals surface area contributed by atoms with Crippen molar-refractivity contribution in [2.24, 2.45) is 5.41 Å². The van der Waals surface area contributed by atoms with Crippen LogP contribution in [0.3, 0.4) is 0 Å². The zero-order valence-electron chi connectivity index (χ0n) is 11.8. The van der Waals surface area contributed by atoms with Crippen molar-refractivity contribution in [3.05, 3.63) is 29.3 Å². The summed E-state index contributed by atoms with van der Waals surface area (Å²) in [5, 5.41) is 13.8. The molecule has 3 rings (SSSR count). The molecule has 20 heavy (non-hydrogen) atoms. The second kappa shape index (κ2) is 5.30. The second-order valence-electron chi connectivity index (χ2n) is 6.53. The Morgan fingerprint density at radius 2 is 1.55 bits per heavy atom. The summed E-state index contributed by atoms with van der Waals surface area (Å²) in [6.45, 7) is 0. The second-order valence-corrected chi connectivity index (χ2v) is 6.97. The summed E-state index contributed by atoms with van der Waals surface area (Å²) in [4.78, 5) is 0. The van der Waals surface area contributed by atoms with Gasteiger partial charge in [0.15, 0.2) is 0 Å². The number of hydrogen-bond donors (Lipinski definition) is 1. The third kappa shape index (κ3) is 2.65. The van der Waals surface area contributed by atoms with E-state index in [0.29, 0.717) is 5.41 Å². The van der Waals surface area contributed by atoms with E-state index in [9.17, 15) is 5.26 Å². The van der Waals surface area contributed by atoms with Crippen LogP contribution in [0.5, 0.6) is 0 Å². The highest BCUT2D eigenvalue weighted by Crippen LogP contribution is 2.51. The molecule has 0 heterocycles. The normalized spacial score (nSPS) is 23.4. The van der Waals surface area contributed by atoms with E-state index in [-0.39, 0.29) is 5.54 Å². The fourth-order valence-electron chi connectivity index (χ4n) is 3.91. The molecule has 1 spiro atoms. The predicted molar refractivity (Wildman–Crippen MR) is 82.8 cm³/mol. The summed E-state index contributed by atoms with van der Waals surface area (Å²) in [5.74, 6) is 0. The lowest BCUT2D eigenvalue weighted by atomic mass is 9.67. The van der Waals surface area contributed by atoms with E-state index in [1.54, 1.807) is 0 Å². The molecule has 106 valence electrons. The summed E-state index contributed by atoms with van der Waals surface area (Å²) >= 11 is 5.91. The van der Waals surface area contributed by atoms with Crippen LogP contribution in [0.15, 0.2) is 24.3 Å². The van der Waals surface area contributed by atoms with E-state index in [1.807, 2.05) is 24.3 Å². The van der Waals surface area contributed by atoms with Crippen molar-refractivity contribution in [3.8, 4) is 6.07 Å². The van der Waals surface area contributed by atoms with Gasteiger partial charge in [-0.1, -0.05) is 24.4 Å². The van der Waals surface area contributed by atoms with Crippen molar-refractivity contribution in [2.75, 3.05) is 5.32 Å². The van der Waals surface area contributed by atoms with Crippen LogP contribution >= 0.6 is 11.6 Å². The van der Waals surface area contributed by atoms with Crippen LogP contribution in [-0.2, 0) is 0 Å². The van der Waals surface area contributed by atoms with E-state index in [2.05, 4.69) is 11.4 Å². The third-order valence-electron chi connectivity index (χ3n) is 5.27. The molecular formula is C17H21ClN2. The number of halogens is 1. The molecule has 1 N–H and O–H groups in total. The van der Waals surface area contributed by atoms with Gasteiger partial charge in [-0.2, -0.15) is 5.26 Å². The van der Waals surface area contributed by atoms with E-state index in [1.165, 1.54) is 38.5 Å². The number of nitriles is 1. The molecule has 0 aliphatic heterocycles. The molecule has 0 radical (unpaired) electrons. The lowest BCUT2D eigenvalue weighted by Crippen LogP contribution is -2.43. The average Bonchev–Trinajstić information content (AvgIpc) is 2.93. The highest BCUT2D eigenvalue weighted by molar-refractivity contribution is 6.30. The molecule has 0 bridgehead atoms. The molecule has 0 aromatic heterocycles. The molecule has 2 fully saturated rings. The van der Waals surface area contributed by atoms with Crippen LogP contribution in [0.1, 0.15) is 51.4 Å². The average molecular weight is 289 g/mol. The molecule has 0 saturated heterocycles. The molecule has 2 aliphatic rings. The number of nitrogens with zero attached hydrogens (tertiary/aromatic N) is 1. The SMILES string of the molecule is N#CC1(Nc2ccc(Cl)cc2)CCC2(CCCC2)CC1. The van der Waals surface area contributed by atoms with Gasteiger partial charge in [0.2, 0.25) is 0 Å². The van der Waals surface area contributed by atoms with Gasteiger partial charge in [-0.15, -0.1) is 0 Å². The molecule has 2 aliphatic carbocycles. The predicted octanol–water partition coefficient (Wildman–Crippen LogP) is 5.15. The molecule has 3 heteroatoms. The van der Waals surface area contributed by atoms with Crippen LogP contribution in [0.25, 0.3) is 0 Å². The van der Waals surface area contributed by atoms with Crippen LogP contribution in [0.2, 0.25) is 5.02 Å². The topological polar surface area (TPSA) is 35.8 Å². The first kappa shape index (κ1) is 13.8. The minimum absolute atomic E-state index is 0.387. The zero-order chi connectivity index (χ0) is 14.1. The quantitative estimate of drug-likeness (QED) is 0.817. The van der Waals surface area contributed by atoms with Gasteiger partial charge in [-0.3, -0.25) is 0 Å². The Hall–Kier alpha value is -1.20. The molecule has 1 aromatic carbocycles. The molecule has 2 nitrogen and oxygen atoms in total. The molecular weight excluding hydrogens is 268 g/mol. The summed E-state index contributed by atoms with van der Waals surface area (Å²) in [6, 6.07) is 10.2. The van der Waals surface area contributed by atoms with Crippen LogP contribution in [0, 0.1) is 16.7 Å². The van der Waals surface area contributed by atoms with Crippen LogP contribution in [-0.4, -0.2) is 5.54 Å². The maximum absolute atomic E-state index is 9.65. The maximum atomic E-state index is 9.65. The van der Waals surface area contributed by atoms with Crippen molar-refractivity contribution in [1.29, 1.82) is 5.26 Å². The molecule has 1 aromatic rings. The van der Waals surface area contributed by atoms with Gasteiger partial charge >= 0.3 is 0 Å². The Balaban J connectivity index is 1.70. The molecule has 0 unspecified atom stereocenters. The monoisotopic (exact) mass is 288 g/mol. The highest BCUT2D eigenvalue weighted by Gasteiger charge is 2.44. The largest absolute Gasteiger partial charge is 0.367 e. The lowest BCUT2D eigenvalue weighted by Gasteiger charge is -2.42. The van der Waals surface area contributed by atoms with E-state index >= 15 is 0 Å². The molecule has 0 amide bonds. The van der Waals surface area contributed by atoms with Gasteiger partial charge < -0.3 is 5.32 Å². The highest BCUT2D eigenvalue weighted by atomic mass is 35.5. The minimum atomic E-state index is -0.387. The van der Waals surface area contributed by atoms with Crippen molar-refractivity contribution < 1.29 is 0 Å². The van der Waals surface area contributed by atoms with Gasteiger partial charge in [0.1, 0.15) is 5.54 Å². The minimum Gasteiger partial charge on any atom is -0.367 e. The van der Waals surface area contributed by atoms with Crippen LogP contribution < -0.4 is 5.32 Å². The first-order valence-corrected chi connectivity index (χ1v) is 7.98. The van der Waals surface area contributed by atoms with Crippen molar-refractivity contribution in [3.63, 3.8) is 0 Å². The van der Waals surface area contributed by atoms with Crippen molar-refractivity contribution in [2.45, 2.75) is 56.9 Å². The number of hydrogen-bond acceptors (Lipinski definition) is 2. The number of nitrogens with one attached hydrogen (secondary N) is 1. The Labute approximate surface area is 126 Å². The summed E-state index contributed by atoms with van der Waals surface area (Å²) in [7, 11) is 0. The maximum Gasteiger partial charge on any atom is 0.125 e. The van der Waals surface area contributed by atoms with Gasteiger partial charge in [0, 0.05) is 10.7 Å².